The fourth-order valence-electron chi connectivity index (χ4n) is 7.72. The molecule has 0 fully saturated rings. The molecule has 0 aliphatic rings. The third kappa shape index (κ3) is 7.10. The van der Waals surface area contributed by atoms with Crippen molar-refractivity contribution in [2.24, 2.45) is 0 Å². The molecule has 0 aliphatic carbocycles. The third-order valence-corrected chi connectivity index (χ3v) is 11.3. The number of unbranched alkanes of at least 4 members (excludes halogenated alkanes) is 1. The van der Waals surface area contributed by atoms with Gasteiger partial charge in [0.25, 0.3) is 5.56 Å². The molecule has 0 saturated carbocycles. The summed E-state index contributed by atoms with van der Waals surface area (Å²) < 4.78 is 3.61. The lowest BCUT2D eigenvalue weighted by Crippen LogP contribution is -2.39. The minimum Gasteiger partial charge on any atom is -0.290 e. The Morgan fingerprint density at radius 1 is 0.754 bits per heavy atom. The Balaban J connectivity index is 1.20. The standard InChI is InChI=1S/C47H40N8OS/c1-3-4-24-42-41(46(56)54(33(2)50-42)31-43-44(30-48)57-32-49-43)29-34-25-27-35(28-26-34)39-22-14-15-23-40(39)45-51-52-53-55(45)47(36-16-8-5-9-17-36,37-18-10-6-11-19-37)38-20-12-7-13-21-38/h5-23,25-28,32H,3-4,24,29,31H2,1-2H3. The Kier molecular flexibility index (Phi) is 10.7. The molecule has 0 saturated heterocycles. The van der Waals surface area contributed by atoms with Crippen molar-refractivity contribution >= 4 is 11.3 Å². The largest absolute Gasteiger partial charge is 0.290 e. The van der Waals surface area contributed by atoms with Crippen LogP contribution in [0, 0.1) is 18.3 Å². The number of hydrogen-bond acceptors (Lipinski definition) is 8. The number of aromatic nitrogens is 7. The van der Waals surface area contributed by atoms with E-state index in [0.717, 1.165) is 63.9 Å². The van der Waals surface area contributed by atoms with Gasteiger partial charge in [0, 0.05) is 17.5 Å². The van der Waals surface area contributed by atoms with Gasteiger partial charge in [0.1, 0.15) is 22.3 Å². The zero-order chi connectivity index (χ0) is 39.2. The molecule has 3 aromatic heterocycles. The number of nitrogens with zero attached hydrogens (tertiary/aromatic N) is 8. The molecule has 0 aliphatic heterocycles. The SMILES string of the molecule is CCCCc1nc(C)n(Cc2ncsc2C#N)c(=O)c1Cc1ccc(-c2ccccc2-c2nnnn2C(c2ccccc2)(c2ccccc2)c2ccccc2)cc1. The van der Waals surface area contributed by atoms with Gasteiger partial charge in [0.05, 0.1) is 23.4 Å². The fraction of sp³-hybridized carbons (Fsp3) is 0.170. The lowest BCUT2D eigenvalue weighted by Gasteiger charge is -2.36. The molecule has 0 spiro atoms. The first-order valence-corrected chi connectivity index (χ1v) is 20.0. The monoisotopic (exact) mass is 764 g/mol. The van der Waals surface area contributed by atoms with E-state index in [-0.39, 0.29) is 12.1 Å². The highest BCUT2D eigenvalue weighted by Crippen LogP contribution is 2.43. The van der Waals surface area contributed by atoms with Crippen LogP contribution >= 0.6 is 11.3 Å². The maximum absolute atomic E-state index is 14.2. The second-order valence-electron chi connectivity index (χ2n) is 14.0. The quantitative estimate of drug-likeness (QED) is 0.108. The molecule has 5 aromatic carbocycles. The number of rotatable bonds is 13. The molecule has 0 bridgehead atoms. The highest BCUT2D eigenvalue weighted by Gasteiger charge is 2.42. The average Bonchev–Trinajstić information content (AvgIpc) is 3.95. The molecule has 9 nitrogen and oxygen atoms in total. The topological polar surface area (TPSA) is 115 Å². The summed E-state index contributed by atoms with van der Waals surface area (Å²) >= 11 is 1.28. The van der Waals surface area contributed by atoms with Crippen LogP contribution in [0.5, 0.6) is 0 Å². The normalized spacial score (nSPS) is 11.4. The number of nitriles is 1. The van der Waals surface area contributed by atoms with Crippen molar-refractivity contribution in [1.82, 2.24) is 34.7 Å². The Morgan fingerprint density at radius 2 is 1.35 bits per heavy atom. The van der Waals surface area contributed by atoms with Gasteiger partial charge in [-0.2, -0.15) is 5.26 Å². The van der Waals surface area contributed by atoms with Gasteiger partial charge in [0.2, 0.25) is 0 Å². The van der Waals surface area contributed by atoms with Gasteiger partial charge >= 0.3 is 0 Å². The van der Waals surface area contributed by atoms with E-state index < -0.39 is 5.54 Å². The molecule has 0 radical (unpaired) electrons. The van der Waals surface area contributed by atoms with E-state index in [1.165, 1.54) is 11.3 Å². The Bertz CT molecular complexity index is 2620. The summed E-state index contributed by atoms with van der Waals surface area (Å²) in [6, 6.07) is 49.9. The number of hydrogen-bond donors (Lipinski definition) is 0. The first kappa shape index (κ1) is 37.1. The van der Waals surface area contributed by atoms with E-state index in [0.29, 0.717) is 34.2 Å². The number of thiazole rings is 1. The average molecular weight is 765 g/mol. The fourth-order valence-corrected chi connectivity index (χ4v) is 8.31. The van der Waals surface area contributed by atoms with Crippen LogP contribution in [0.2, 0.25) is 0 Å². The van der Waals surface area contributed by atoms with Gasteiger partial charge in [-0.1, -0.05) is 153 Å². The molecule has 10 heteroatoms. The van der Waals surface area contributed by atoms with Crippen molar-refractivity contribution in [3.05, 3.63) is 205 Å². The first-order chi connectivity index (χ1) is 28.0. The van der Waals surface area contributed by atoms with E-state index >= 15 is 0 Å². The molecule has 0 amide bonds. The smallest absolute Gasteiger partial charge is 0.257 e. The molecular weight excluding hydrogens is 725 g/mol. The predicted octanol–water partition coefficient (Wildman–Crippen LogP) is 9.02. The maximum Gasteiger partial charge on any atom is 0.257 e. The van der Waals surface area contributed by atoms with Crippen LogP contribution in [0.25, 0.3) is 22.5 Å². The molecule has 8 rings (SSSR count). The van der Waals surface area contributed by atoms with Crippen LogP contribution in [0.1, 0.15) is 69.7 Å². The van der Waals surface area contributed by atoms with E-state index in [4.69, 9.17) is 15.3 Å². The zero-order valence-electron chi connectivity index (χ0n) is 31.8. The van der Waals surface area contributed by atoms with E-state index in [1.807, 2.05) is 41.9 Å². The van der Waals surface area contributed by atoms with Crippen LogP contribution in [0.15, 0.2) is 150 Å². The highest BCUT2D eigenvalue weighted by molar-refractivity contribution is 7.10. The van der Waals surface area contributed by atoms with E-state index in [1.54, 1.807) is 10.1 Å². The highest BCUT2D eigenvalue weighted by atomic mass is 32.1. The van der Waals surface area contributed by atoms with Crippen LogP contribution in [0.4, 0.5) is 0 Å². The van der Waals surface area contributed by atoms with Crippen LogP contribution in [0.3, 0.4) is 0 Å². The minimum atomic E-state index is -0.889. The van der Waals surface area contributed by atoms with Crippen LogP contribution in [-0.4, -0.2) is 34.7 Å². The number of benzene rings is 5. The zero-order valence-corrected chi connectivity index (χ0v) is 32.6. The molecule has 57 heavy (non-hydrogen) atoms. The molecule has 0 unspecified atom stereocenters. The predicted molar refractivity (Wildman–Crippen MR) is 224 cm³/mol. The van der Waals surface area contributed by atoms with Gasteiger partial charge in [-0.15, -0.1) is 16.4 Å². The summed E-state index contributed by atoms with van der Waals surface area (Å²) in [4.78, 5) is 24.0. The van der Waals surface area contributed by atoms with Crippen molar-refractivity contribution in [3.63, 3.8) is 0 Å². The second-order valence-corrected chi connectivity index (χ2v) is 14.8. The van der Waals surface area contributed by atoms with Gasteiger partial charge in [-0.05, 0) is 63.6 Å². The van der Waals surface area contributed by atoms with Crippen molar-refractivity contribution in [2.45, 2.75) is 51.6 Å². The van der Waals surface area contributed by atoms with Crippen molar-refractivity contribution in [1.29, 1.82) is 5.26 Å². The first-order valence-electron chi connectivity index (χ1n) is 19.1. The summed E-state index contributed by atoms with van der Waals surface area (Å²) in [5.41, 5.74) is 9.68. The summed E-state index contributed by atoms with van der Waals surface area (Å²) in [5.74, 6) is 1.24. The summed E-state index contributed by atoms with van der Waals surface area (Å²) in [5, 5.41) is 23.4. The lowest BCUT2D eigenvalue weighted by molar-refractivity contribution is 0.451. The van der Waals surface area contributed by atoms with Crippen LogP contribution in [-0.2, 0) is 24.9 Å². The third-order valence-electron chi connectivity index (χ3n) is 10.5. The molecular formula is C47H40N8OS. The molecule has 0 N–H and O–H groups in total. The van der Waals surface area contributed by atoms with Crippen molar-refractivity contribution in [3.8, 4) is 28.6 Å². The van der Waals surface area contributed by atoms with E-state index in [2.05, 4.69) is 132 Å². The van der Waals surface area contributed by atoms with Gasteiger partial charge in [-0.25, -0.2) is 14.6 Å². The van der Waals surface area contributed by atoms with Crippen molar-refractivity contribution < 1.29 is 0 Å². The van der Waals surface area contributed by atoms with Gasteiger partial charge < -0.3 is 0 Å². The molecule has 280 valence electrons. The minimum absolute atomic E-state index is 0.0921. The number of aryl methyl sites for hydroxylation is 2. The van der Waals surface area contributed by atoms with Gasteiger partial charge in [0.15, 0.2) is 5.82 Å². The Labute approximate surface area is 335 Å². The lowest BCUT2D eigenvalue weighted by atomic mass is 9.77. The van der Waals surface area contributed by atoms with Crippen molar-refractivity contribution in [2.75, 3.05) is 0 Å². The summed E-state index contributed by atoms with van der Waals surface area (Å²) in [6.07, 6.45) is 3.08. The van der Waals surface area contributed by atoms with E-state index in [9.17, 15) is 10.1 Å². The Hall–Kier alpha value is -6.83. The molecule has 0 atom stereocenters. The van der Waals surface area contributed by atoms with Crippen LogP contribution < -0.4 is 5.56 Å². The second kappa shape index (κ2) is 16.5. The number of tetrazole rings is 1. The maximum atomic E-state index is 14.2. The molecule has 8 aromatic rings. The summed E-state index contributed by atoms with van der Waals surface area (Å²) in [6.45, 7) is 4.20. The summed E-state index contributed by atoms with van der Waals surface area (Å²) in [7, 11) is 0. The molecule has 3 heterocycles. The van der Waals surface area contributed by atoms with Gasteiger partial charge in [-0.3, -0.25) is 9.36 Å². The Morgan fingerprint density at radius 3 is 1.95 bits per heavy atom.